The number of nitrogens with one attached hydrogen (secondary N) is 1. The smallest absolute Gasteiger partial charge is 0.242 e. The molecular weight excluding hydrogens is 258 g/mol. The summed E-state index contributed by atoms with van der Waals surface area (Å²) < 4.78 is 5.38. The molecule has 20 heavy (non-hydrogen) atoms. The zero-order chi connectivity index (χ0) is 14.8. The van der Waals surface area contributed by atoms with Crippen molar-refractivity contribution in [1.82, 2.24) is 15.3 Å². The lowest BCUT2D eigenvalue weighted by Crippen LogP contribution is -2.39. The van der Waals surface area contributed by atoms with Crippen molar-refractivity contribution in [3.05, 3.63) is 6.33 Å². The molecule has 1 atom stereocenters. The molecule has 0 bridgehead atoms. The molecule has 7 nitrogen and oxygen atoms in total. The normalized spacial score (nSPS) is 21.9. The van der Waals surface area contributed by atoms with E-state index in [-0.39, 0.29) is 5.91 Å². The van der Waals surface area contributed by atoms with Crippen molar-refractivity contribution in [1.29, 1.82) is 0 Å². The van der Waals surface area contributed by atoms with Crippen molar-refractivity contribution < 1.29 is 9.53 Å². The van der Waals surface area contributed by atoms with Gasteiger partial charge >= 0.3 is 0 Å². The third-order valence-corrected chi connectivity index (χ3v) is 3.66. The van der Waals surface area contributed by atoms with Gasteiger partial charge in [-0.2, -0.15) is 4.98 Å². The van der Waals surface area contributed by atoms with E-state index in [1.165, 1.54) is 6.33 Å². The summed E-state index contributed by atoms with van der Waals surface area (Å²) in [6, 6.07) is 0. The van der Waals surface area contributed by atoms with E-state index >= 15 is 0 Å². The molecule has 3 N–H and O–H groups in total. The number of carbonyl (C=O) groups is 1. The van der Waals surface area contributed by atoms with E-state index in [0.29, 0.717) is 30.5 Å². The first kappa shape index (κ1) is 14.4. The van der Waals surface area contributed by atoms with Crippen LogP contribution in [0, 0.1) is 5.41 Å². The maximum Gasteiger partial charge on any atom is 0.242 e. The Morgan fingerprint density at radius 1 is 1.60 bits per heavy atom. The summed E-state index contributed by atoms with van der Waals surface area (Å²) in [4.78, 5) is 22.2. The molecule has 1 aromatic rings. The van der Waals surface area contributed by atoms with Gasteiger partial charge in [-0.15, -0.1) is 0 Å². The Bertz CT molecular complexity index is 508. The summed E-state index contributed by atoms with van der Waals surface area (Å²) in [5, 5.41) is 2.71. The summed E-state index contributed by atoms with van der Waals surface area (Å²) in [5.41, 5.74) is 6.06. The molecule has 0 radical (unpaired) electrons. The molecule has 7 heteroatoms. The van der Waals surface area contributed by atoms with Crippen LogP contribution in [0.1, 0.15) is 20.3 Å². The van der Waals surface area contributed by atoms with Crippen molar-refractivity contribution in [3.8, 4) is 5.88 Å². The number of rotatable bonds is 4. The quantitative estimate of drug-likeness (QED) is 0.829. The Balaban J connectivity index is 2.22. The number of carbonyl (C=O) groups excluding carboxylic acids is 1. The van der Waals surface area contributed by atoms with Crippen molar-refractivity contribution in [2.45, 2.75) is 20.3 Å². The lowest BCUT2D eigenvalue weighted by atomic mass is 9.89. The minimum absolute atomic E-state index is 0.0395. The zero-order valence-electron chi connectivity index (χ0n) is 12.1. The molecule has 2 heterocycles. The Morgan fingerprint density at radius 2 is 2.35 bits per heavy atom. The second-order valence-corrected chi connectivity index (χ2v) is 5.16. The highest BCUT2D eigenvalue weighted by Gasteiger charge is 2.41. The van der Waals surface area contributed by atoms with Crippen LogP contribution in [0.5, 0.6) is 5.88 Å². The van der Waals surface area contributed by atoms with Gasteiger partial charge in [-0.1, -0.05) is 0 Å². The number of hydrogen-bond donors (Lipinski definition) is 2. The van der Waals surface area contributed by atoms with Gasteiger partial charge in [0.15, 0.2) is 5.82 Å². The van der Waals surface area contributed by atoms with Gasteiger partial charge in [-0.05, 0) is 20.3 Å². The monoisotopic (exact) mass is 279 g/mol. The number of nitrogen functional groups attached to an aromatic ring is 1. The summed E-state index contributed by atoms with van der Waals surface area (Å²) in [5.74, 6) is 1.07. The van der Waals surface area contributed by atoms with Crippen LogP contribution in [-0.2, 0) is 4.79 Å². The predicted molar refractivity (Wildman–Crippen MR) is 76.6 cm³/mol. The maximum atomic E-state index is 11.9. The average Bonchev–Trinajstić information content (AvgIpc) is 2.84. The van der Waals surface area contributed by atoms with Crippen LogP contribution in [0.2, 0.25) is 0 Å². The fraction of sp³-hybridized carbons (Fsp3) is 0.615. The molecule has 110 valence electrons. The number of ether oxygens (including phenoxy) is 1. The van der Waals surface area contributed by atoms with E-state index in [4.69, 9.17) is 10.5 Å². The topological polar surface area (TPSA) is 93.4 Å². The number of aromatic nitrogens is 2. The Kier molecular flexibility index (Phi) is 3.96. The first-order chi connectivity index (χ1) is 9.51. The fourth-order valence-corrected chi connectivity index (χ4v) is 2.50. The second-order valence-electron chi connectivity index (χ2n) is 5.16. The zero-order valence-corrected chi connectivity index (χ0v) is 12.1. The number of amides is 1. The summed E-state index contributed by atoms with van der Waals surface area (Å²) >= 11 is 0. The highest BCUT2D eigenvalue weighted by Crippen LogP contribution is 2.36. The van der Waals surface area contributed by atoms with Gasteiger partial charge < -0.3 is 20.7 Å². The van der Waals surface area contributed by atoms with Crippen LogP contribution in [0.25, 0.3) is 0 Å². The van der Waals surface area contributed by atoms with Crippen molar-refractivity contribution in [3.63, 3.8) is 0 Å². The second kappa shape index (κ2) is 5.52. The van der Waals surface area contributed by atoms with Crippen molar-refractivity contribution in [2.24, 2.45) is 5.41 Å². The number of hydrogen-bond acceptors (Lipinski definition) is 6. The van der Waals surface area contributed by atoms with E-state index in [1.807, 2.05) is 18.7 Å². The fourth-order valence-electron chi connectivity index (χ4n) is 2.50. The first-order valence-electron chi connectivity index (χ1n) is 6.72. The van der Waals surface area contributed by atoms with E-state index < -0.39 is 5.41 Å². The van der Waals surface area contributed by atoms with Crippen molar-refractivity contribution in [2.75, 3.05) is 37.4 Å². The predicted octanol–water partition coefficient (Wildman–Crippen LogP) is 0.420. The minimum Gasteiger partial charge on any atom is -0.476 e. The Hall–Kier alpha value is -2.05. The average molecular weight is 279 g/mol. The van der Waals surface area contributed by atoms with Crippen molar-refractivity contribution >= 4 is 17.4 Å². The van der Waals surface area contributed by atoms with Gasteiger partial charge in [0, 0.05) is 20.1 Å². The molecule has 1 amide bonds. The molecule has 1 unspecified atom stereocenters. The van der Waals surface area contributed by atoms with E-state index in [0.717, 1.165) is 13.0 Å². The van der Waals surface area contributed by atoms with E-state index in [2.05, 4.69) is 15.3 Å². The molecule has 0 saturated carbocycles. The third kappa shape index (κ3) is 2.48. The largest absolute Gasteiger partial charge is 0.476 e. The molecule has 1 fully saturated rings. The van der Waals surface area contributed by atoms with Crippen LogP contribution in [0.15, 0.2) is 6.33 Å². The van der Waals surface area contributed by atoms with Gasteiger partial charge in [0.05, 0.1) is 12.0 Å². The molecule has 1 aliphatic rings. The molecule has 0 aromatic carbocycles. The highest BCUT2D eigenvalue weighted by molar-refractivity contribution is 5.84. The van der Waals surface area contributed by atoms with E-state index in [9.17, 15) is 4.79 Å². The molecule has 1 aliphatic heterocycles. The minimum atomic E-state index is -0.419. The Morgan fingerprint density at radius 3 is 3.00 bits per heavy atom. The third-order valence-electron chi connectivity index (χ3n) is 3.66. The molecule has 1 saturated heterocycles. The van der Waals surface area contributed by atoms with E-state index in [1.54, 1.807) is 7.05 Å². The van der Waals surface area contributed by atoms with Gasteiger partial charge in [0.25, 0.3) is 0 Å². The van der Waals surface area contributed by atoms with Crippen LogP contribution >= 0.6 is 0 Å². The Labute approximate surface area is 118 Å². The SMILES string of the molecule is CCOc1ncnc(N2CCC(C)(C(=O)NC)C2)c1N. The van der Waals surface area contributed by atoms with Crippen LogP contribution < -0.4 is 20.7 Å². The van der Waals surface area contributed by atoms with Gasteiger partial charge in [-0.3, -0.25) is 4.79 Å². The van der Waals surface area contributed by atoms with Gasteiger partial charge in [0.2, 0.25) is 11.8 Å². The van der Waals surface area contributed by atoms with Crippen LogP contribution in [0.4, 0.5) is 11.5 Å². The molecule has 0 aliphatic carbocycles. The molecular formula is C13H21N5O2. The lowest BCUT2D eigenvalue weighted by molar-refractivity contribution is -0.128. The summed E-state index contributed by atoms with van der Waals surface area (Å²) in [6.45, 7) is 5.64. The molecule has 1 aromatic heterocycles. The van der Waals surface area contributed by atoms with Crippen LogP contribution in [0.3, 0.4) is 0 Å². The summed E-state index contributed by atoms with van der Waals surface area (Å²) in [7, 11) is 1.66. The van der Waals surface area contributed by atoms with Crippen LogP contribution in [-0.4, -0.2) is 42.6 Å². The van der Waals surface area contributed by atoms with Gasteiger partial charge in [-0.25, -0.2) is 4.98 Å². The molecule has 0 spiro atoms. The highest BCUT2D eigenvalue weighted by atomic mass is 16.5. The summed E-state index contributed by atoms with van der Waals surface area (Å²) in [6.07, 6.45) is 2.20. The van der Waals surface area contributed by atoms with Gasteiger partial charge in [0.1, 0.15) is 12.0 Å². The molecule has 2 rings (SSSR count). The number of anilines is 2. The number of nitrogens with zero attached hydrogens (tertiary/aromatic N) is 3. The number of nitrogens with two attached hydrogens (primary N) is 1. The first-order valence-corrected chi connectivity index (χ1v) is 6.72. The maximum absolute atomic E-state index is 11.9. The lowest BCUT2D eigenvalue weighted by Gasteiger charge is -2.24. The standard InChI is InChI=1S/C13H21N5O2/c1-4-20-11-9(14)10(16-8-17-11)18-6-5-13(2,7-18)12(19)15-3/h8H,4-7,14H2,1-3H3,(H,15,19).